The largest absolute Gasteiger partial charge is 0.483 e. The molecular weight excluding hydrogens is 358 g/mol. The number of rotatable bonds is 2. The molecule has 1 amide bonds. The van der Waals surface area contributed by atoms with Crippen molar-refractivity contribution in [1.29, 1.82) is 0 Å². The van der Waals surface area contributed by atoms with Crippen molar-refractivity contribution in [2.45, 2.75) is 44.7 Å². The van der Waals surface area contributed by atoms with E-state index in [4.69, 9.17) is 4.74 Å². The zero-order chi connectivity index (χ0) is 18.5. The van der Waals surface area contributed by atoms with Crippen molar-refractivity contribution in [2.24, 2.45) is 5.92 Å². The van der Waals surface area contributed by atoms with Crippen molar-refractivity contribution in [2.75, 3.05) is 19.7 Å². The number of carbonyl (C=O) groups excluding carboxylic acids is 1. The van der Waals surface area contributed by atoms with Gasteiger partial charge in [0, 0.05) is 30.7 Å². The van der Waals surface area contributed by atoms with E-state index in [0.717, 1.165) is 51.1 Å². The number of amides is 1. The van der Waals surface area contributed by atoms with Crippen molar-refractivity contribution in [3.63, 3.8) is 0 Å². The fourth-order valence-electron chi connectivity index (χ4n) is 4.22. The Morgan fingerprint density at radius 3 is 3.07 bits per heavy atom. The van der Waals surface area contributed by atoms with Crippen molar-refractivity contribution in [3.05, 3.63) is 46.4 Å². The van der Waals surface area contributed by atoms with E-state index in [2.05, 4.69) is 21.3 Å². The molecule has 2 atom stereocenters. The lowest BCUT2D eigenvalue weighted by Crippen LogP contribution is -2.51. The Hall–Kier alpha value is -1.92. The van der Waals surface area contributed by atoms with E-state index in [9.17, 15) is 4.79 Å². The Balaban J connectivity index is 1.42. The van der Waals surface area contributed by atoms with Crippen molar-refractivity contribution < 1.29 is 9.53 Å². The molecule has 0 unspecified atom stereocenters. The van der Waals surface area contributed by atoms with E-state index in [1.165, 1.54) is 17.0 Å². The molecule has 0 saturated carbocycles. The molecule has 27 heavy (non-hydrogen) atoms. The standard InChI is InChI=1S/C21H27N3O2S/c25-20-15-26-19-8-4-3-6-16(19)5-1-2-7-17-13-24(11-9-18(17)23-20)14-21-22-10-12-27-21/h3-4,6,8,10,12,17-18H,1-2,5,7,9,11,13-15H2,(H,23,25)/t17-,18+/m0/s1. The number of nitrogens with one attached hydrogen (secondary N) is 1. The maximum absolute atomic E-state index is 12.4. The van der Waals surface area contributed by atoms with Crippen LogP contribution in [0, 0.1) is 5.92 Å². The van der Waals surface area contributed by atoms with Crippen LogP contribution in [0.25, 0.3) is 0 Å². The summed E-state index contributed by atoms with van der Waals surface area (Å²) in [6.07, 6.45) is 7.37. The zero-order valence-electron chi connectivity index (χ0n) is 15.6. The second kappa shape index (κ2) is 8.85. The van der Waals surface area contributed by atoms with Crippen molar-refractivity contribution in [1.82, 2.24) is 15.2 Å². The summed E-state index contributed by atoms with van der Waals surface area (Å²) in [5, 5.41) is 6.46. The fourth-order valence-corrected chi connectivity index (χ4v) is 4.88. The molecule has 1 fully saturated rings. The molecule has 3 heterocycles. The molecule has 5 nitrogen and oxygen atoms in total. The molecule has 2 aliphatic heterocycles. The molecular formula is C21H27N3O2S. The molecule has 1 aromatic heterocycles. The molecule has 1 saturated heterocycles. The maximum atomic E-state index is 12.4. The monoisotopic (exact) mass is 385 g/mol. The van der Waals surface area contributed by atoms with Gasteiger partial charge < -0.3 is 10.1 Å². The van der Waals surface area contributed by atoms with Crippen LogP contribution >= 0.6 is 11.3 Å². The zero-order valence-corrected chi connectivity index (χ0v) is 16.4. The lowest BCUT2D eigenvalue weighted by atomic mass is 9.87. The van der Waals surface area contributed by atoms with E-state index in [1.807, 2.05) is 29.8 Å². The summed E-state index contributed by atoms with van der Waals surface area (Å²) in [4.78, 5) is 19.4. The highest BCUT2D eigenvalue weighted by Gasteiger charge is 2.30. The third-order valence-electron chi connectivity index (χ3n) is 5.61. The number of hydrogen-bond acceptors (Lipinski definition) is 5. The first-order chi connectivity index (χ1) is 13.3. The van der Waals surface area contributed by atoms with E-state index < -0.39 is 0 Å². The highest BCUT2D eigenvalue weighted by Crippen LogP contribution is 2.26. The number of benzene rings is 1. The van der Waals surface area contributed by atoms with Gasteiger partial charge in [0.15, 0.2) is 6.61 Å². The summed E-state index contributed by atoms with van der Waals surface area (Å²) in [5.41, 5.74) is 1.21. The summed E-state index contributed by atoms with van der Waals surface area (Å²) in [7, 11) is 0. The van der Waals surface area contributed by atoms with Crippen LogP contribution < -0.4 is 10.1 Å². The van der Waals surface area contributed by atoms with Gasteiger partial charge in [-0.3, -0.25) is 9.69 Å². The Labute approximate surface area is 164 Å². The van der Waals surface area contributed by atoms with Crippen molar-refractivity contribution >= 4 is 17.2 Å². The summed E-state index contributed by atoms with van der Waals surface area (Å²) in [6, 6.07) is 8.34. The number of aromatic nitrogens is 1. The number of likely N-dealkylation sites (tertiary alicyclic amines) is 1. The van der Waals surface area contributed by atoms with Crippen LogP contribution in [-0.2, 0) is 17.8 Å². The van der Waals surface area contributed by atoms with Gasteiger partial charge >= 0.3 is 0 Å². The average molecular weight is 386 g/mol. The third kappa shape index (κ3) is 4.87. The lowest BCUT2D eigenvalue weighted by molar-refractivity contribution is -0.124. The minimum Gasteiger partial charge on any atom is -0.483 e. The van der Waals surface area contributed by atoms with Gasteiger partial charge in [0.1, 0.15) is 10.8 Å². The number of aryl methyl sites for hydroxylation is 1. The number of nitrogens with zero attached hydrogens (tertiary/aromatic N) is 2. The number of piperidine rings is 1. The predicted octanol–water partition coefficient (Wildman–Crippen LogP) is 3.26. The summed E-state index contributed by atoms with van der Waals surface area (Å²) >= 11 is 1.72. The molecule has 0 aliphatic carbocycles. The number of ether oxygens (including phenoxy) is 1. The molecule has 0 radical (unpaired) electrons. The van der Waals surface area contributed by atoms with Crippen molar-refractivity contribution in [3.8, 4) is 5.75 Å². The van der Waals surface area contributed by atoms with Crippen LogP contribution in [-0.4, -0.2) is 41.5 Å². The van der Waals surface area contributed by atoms with Gasteiger partial charge in [-0.2, -0.15) is 0 Å². The SMILES string of the molecule is O=C1COc2ccccc2CCCC[C@H]2CN(Cc3nccs3)CC[C@H]2N1. The van der Waals surface area contributed by atoms with Crippen LogP contribution in [0.15, 0.2) is 35.8 Å². The molecule has 1 N–H and O–H groups in total. The first-order valence-corrected chi connectivity index (χ1v) is 10.8. The number of para-hydroxylation sites is 1. The Kier molecular flexibility index (Phi) is 6.04. The topological polar surface area (TPSA) is 54.5 Å². The molecule has 144 valence electrons. The van der Waals surface area contributed by atoms with E-state index in [0.29, 0.717) is 5.92 Å². The van der Waals surface area contributed by atoms with Gasteiger partial charge in [0.25, 0.3) is 5.91 Å². The van der Waals surface area contributed by atoms with Crippen LogP contribution in [0.1, 0.15) is 36.3 Å². The highest BCUT2D eigenvalue weighted by molar-refractivity contribution is 7.09. The second-order valence-corrected chi connectivity index (χ2v) is 8.51. The molecule has 2 aromatic rings. The van der Waals surface area contributed by atoms with Gasteiger partial charge in [0.2, 0.25) is 0 Å². The van der Waals surface area contributed by atoms with Crippen LogP contribution in [0.5, 0.6) is 5.75 Å². The second-order valence-electron chi connectivity index (χ2n) is 7.53. The van der Waals surface area contributed by atoms with Crippen LogP contribution in [0.3, 0.4) is 0 Å². The van der Waals surface area contributed by atoms with Crippen LogP contribution in [0.2, 0.25) is 0 Å². The summed E-state index contributed by atoms with van der Waals surface area (Å²) < 4.78 is 5.81. The molecule has 0 spiro atoms. The number of hydrogen-bond donors (Lipinski definition) is 1. The minimum atomic E-state index is -0.00579. The minimum absolute atomic E-state index is 0.00579. The van der Waals surface area contributed by atoms with Gasteiger partial charge in [-0.1, -0.05) is 24.6 Å². The molecule has 4 rings (SSSR count). The normalized spacial score (nSPS) is 24.5. The average Bonchev–Trinajstić information content (AvgIpc) is 3.18. The fraction of sp³-hybridized carbons (Fsp3) is 0.524. The quantitative estimate of drug-likeness (QED) is 0.862. The van der Waals surface area contributed by atoms with Gasteiger partial charge in [-0.25, -0.2) is 4.98 Å². The summed E-state index contributed by atoms with van der Waals surface area (Å²) in [5.74, 6) is 1.34. The molecule has 2 aliphatic rings. The Morgan fingerprint density at radius 1 is 1.26 bits per heavy atom. The summed E-state index contributed by atoms with van der Waals surface area (Å²) in [6.45, 7) is 3.06. The molecule has 6 heteroatoms. The van der Waals surface area contributed by atoms with E-state index >= 15 is 0 Å². The van der Waals surface area contributed by atoms with Gasteiger partial charge in [-0.15, -0.1) is 11.3 Å². The number of carbonyl (C=O) groups is 1. The van der Waals surface area contributed by atoms with Crippen LogP contribution in [0.4, 0.5) is 0 Å². The van der Waals surface area contributed by atoms with Gasteiger partial charge in [-0.05, 0) is 43.2 Å². The van der Waals surface area contributed by atoms with E-state index in [-0.39, 0.29) is 18.6 Å². The highest BCUT2D eigenvalue weighted by atomic mass is 32.1. The maximum Gasteiger partial charge on any atom is 0.258 e. The smallest absolute Gasteiger partial charge is 0.258 e. The Bertz CT molecular complexity index is 750. The molecule has 0 bridgehead atoms. The first kappa shape index (κ1) is 18.4. The first-order valence-electron chi connectivity index (χ1n) is 9.89. The number of thiazole rings is 1. The molecule has 1 aromatic carbocycles. The van der Waals surface area contributed by atoms with E-state index in [1.54, 1.807) is 11.3 Å². The van der Waals surface area contributed by atoms with Gasteiger partial charge in [0.05, 0.1) is 6.54 Å². The lowest BCUT2D eigenvalue weighted by Gasteiger charge is -2.39. The third-order valence-corrected chi connectivity index (χ3v) is 6.37. The predicted molar refractivity (Wildman–Crippen MR) is 107 cm³/mol. The Morgan fingerprint density at radius 2 is 2.19 bits per heavy atom. The number of fused-ring (bicyclic) bond motifs is 2.